The van der Waals surface area contributed by atoms with Gasteiger partial charge in [-0.2, -0.15) is 23.5 Å². The van der Waals surface area contributed by atoms with Crippen LogP contribution >= 0.6 is 0 Å². The van der Waals surface area contributed by atoms with Gasteiger partial charge in [-0.3, -0.25) is 18.7 Å². The van der Waals surface area contributed by atoms with E-state index in [1.165, 1.54) is 23.0 Å². The highest BCUT2D eigenvalue weighted by Gasteiger charge is 2.38. The molecule has 1 aliphatic heterocycles. The Morgan fingerprint density at radius 3 is 2.76 bits per heavy atom. The number of benzene rings is 1. The average molecular weight is 581 g/mol. The second kappa shape index (κ2) is 11.5. The Hall–Kier alpha value is -4.97. The largest absolute Gasteiger partial charge is 0.435 e. The highest BCUT2D eigenvalue weighted by Crippen LogP contribution is 2.37. The summed E-state index contributed by atoms with van der Waals surface area (Å²) in [7, 11) is 0. The van der Waals surface area contributed by atoms with E-state index >= 15 is 0 Å². The van der Waals surface area contributed by atoms with Gasteiger partial charge in [0.1, 0.15) is 6.54 Å². The molecule has 15 heteroatoms. The summed E-state index contributed by atoms with van der Waals surface area (Å²) in [5, 5.41) is 18.3. The fourth-order valence-electron chi connectivity index (χ4n) is 4.88. The number of nitrogens with one attached hydrogen (secondary N) is 2. The highest BCUT2D eigenvalue weighted by molar-refractivity contribution is 5.98. The molecule has 42 heavy (non-hydrogen) atoms. The molecule has 3 aromatic heterocycles. The lowest BCUT2D eigenvalue weighted by atomic mass is 10.0. The molecule has 2 amide bonds. The van der Waals surface area contributed by atoms with Gasteiger partial charge >= 0.3 is 6.18 Å². The number of imidazole rings is 1. The van der Waals surface area contributed by atoms with E-state index in [1.54, 1.807) is 29.2 Å². The van der Waals surface area contributed by atoms with Gasteiger partial charge in [0.2, 0.25) is 5.91 Å². The van der Waals surface area contributed by atoms with E-state index in [2.05, 4.69) is 25.7 Å². The van der Waals surface area contributed by atoms with Crippen LogP contribution in [0.5, 0.6) is 0 Å². The molecule has 1 atom stereocenters. The van der Waals surface area contributed by atoms with Gasteiger partial charge in [0, 0.05) is 49.0 Å². The SMILES string of the molecule is CCc1cc(Nc2nccn3c(-c4cn(CC#N)nc4C(F)(F)F)cnc23)ccc1C(=O)NCC(=O)N1CC[C@@H](N)C1. The predicted molar refractivity (Wildman–Crippen MR) is 145 cm³/mol. The molecule has 4 aromatic rings. The van der Waals surface area contributed by atoms with Crippen molar-refractivity contribution in [2.75, 3.05) is 25.0 Å². The third kappa shape index (κ3) is 5.75. The van der Waals surface area contributed by atoms with E-state index in [0.717, 1.165) is 17.3 Å². The average Bonchev–Trinajstić information content (AvgIpc) is 3.70. The molecule has 1 saturated heterocycles. The van der Waals surface area contributed by atoms with Crippen LogP contribution in [-0.4, -0.2) is 66.5 Å². The lowest BCUT2D eigenvalue weighted by Gasteiger charge is -2.17. The minimum absolute atomic E-state index is 0.0453. The van der Waals surface area contributed by atoms with Gasteiger partial charge in [-0.15, -0.1) is 0 Å². The number of anilines is 2. The molecule has 218 valence electrons. The number of nitrogens with two attached hydrogens (primary N) is 1. The van der Waals surface area contributed by atoms with Crippen LogP contribution in [0.1, 0.15) is 35.0 Å². The molecule has 0 aliphatic carbocycles. The number of nitrogens with zero attached hydrogens (tertiary/aromatic N) is 7. The molecular weight excluding hydrogens is 553 g/mol. The monoisotopic (exact) mass is 580 g/mol. The number of halogens is 3. The summed E-state index contributed by atoms with van der Waals surface area (Å²) in [5.74, 6) is -0.299. The first kappa shape index (κ1) is 28.6. The van der Waals surface area contributed by atoms with Crippen LogP contribution in [0.3, 0.4) is 0 Å². The van der Waals surface area contributed by atoms with Crippen LogP contribution in [0.2, 0.25) is 0 Å². The van der Waals surface area contributed by atoms with Gasteiger partial charge in [-0.25, -0.2) is 9.97 Å². The van der Waals surface area contributed by atoms with Crippen molar-refractivity contribution in [1.29, 1.82) is 5.26 Å². The summed E-state index contributed by atoms with van der Waals surface area (Å²) < 4.78 is 43.6. The molecule has 4 heterocycles. The number of nitriles is 1. The quantitative estimate of drug-likeness (QED) is 0.287. The van der Waals surface area contributed by atoms with Crippen molar-refractivity contribution in [3.8, 4) is 17.3 Å². The van der Waals surface area contributed by atoms with Gasteiger partial charge in [-0.1, -0.05) is 6.92 Å². The molecule has 0 spiro atoms. The second-order valence-corrected chi connectivity index (χ2v) is 9.78. The zero-order valence-corrected chi connectivity index (χ0v) is 22.5. The molecule has 0 bridgehead atoms. The number of hydrogen-bond donors (Lipinski definition) is 3. The number of fused-ring (bicyclic) bond motifs is 1. The maximum absolute atomic E-state index is 13.7. The zero-order chi connectivity index (χ0) is 30.0. The smallest absolute Gasteiger partial charge is 0.343 e. The van der Waals surface area contributed by atoms with E-state index in [1.807, 2.05) is 6.92 Å². The first-order valence-corrected chi connectivity index (χ1v) is 13.1. The number of rotatable bonds is 8. The Kier molecular flexibility index (Phi) is 7.81. The fraction of sp³-hybridized carbons (Fsp3) is 0.333. The number of aromatic nitrogens is 5. The van der Waals surface area contributed by atoms with E-state index in [0.29, 0.717) is 36.3 Å². The van der Waals surface area contributed by atoms with Crippen LogP contribution in [0, 0.1) is 11.3 Å². The summed E-state index contributed by atoms with van der Waals surface area (Å²) in [6.07, 6.45) is 1.85. The number of aryl methyl sites for hydroxylation is 1. The highest BCUT2D eigenvalue weighted by atomic mass is 19.4. The molecule has 4 N–H and O–H groups in total. The predicted octanol–water partition coefficient (Wildman–Crippen LogP) is 2.73. The van der Waals surface area contributed by atoms with E-state index in [9.17, 15) is 22.8 Å². The Bertz CT molecular complexity index is 1690. The molecule has 5 rings (SSSR count). The third-order valence-electron chi connectivity index (χ3n) is 6.94. The Labute approximate surface area is 237 Å². The molecule has 0 unspecified atom stereocenters. The number of likely N-dealkylation sites (tertiary alicyclic amines) is 1. The van der Waals surface area contributed by atoms with Crippen molar-refractivity contribution < 1.29 is 22.8 Å². The number of carbonyl (C=O) groups excluding carboxylic acids is 2. The molecule has 1 aromatic carbocycles. The minimum atomic E-state index is -4.74. The van der Waals surface area contributed by atoms with Crippen molar-refractivity contribution in [1.82, 2.24) is 34.4 Å². The normalized spacial score (nSPS) is 15.1. The standard InChI is InChI=1S/C27H27F3N10O2/c1-2-16-11-18(3-4-19(16)26(42)35-13-22(41)38-8-5-17(32)14-38)36-24-25-34-12-21(40(25)10-7-33-24)20-15-39(9-6-31)37-23(20)27(28,29)30/h3-4,7,10-12,15,17H,2,5,8-9,13-14,32H2,1H3,(H,33,36)(H,35,42)/t17-/m1/s1. The van der Waals surface area contributed by atoms with Crippen LogP contribution in [0.25, 0.3) is 16.9 Å². The third-order valence-corrected chi connectivity index (χ3v) is 6.94. The van der Waals surface area contributed by atoms with E-state index < -0.39 is 11.9 Å². The lowest BCUT2D eigenvalue weighted by Crippen LogP contribution is -2.40. The Morgan fingerprint density at radius 2 is 2.07 bits per heavy atom. The van der Waals surface area contributed by atoms with E-state index in [-0.39, 0.29) is 53.7 Å². The maximum Gasteiger partial charge on any atom is 0.435 e. The summed E-state index contributed by atoms with van der Waals surface area (Å²) in [4.78, 5) is 35.5. The minimum Gasteiger partial charge on any atom is -0.343 e. The van der Waals surface area contributed by atoms with Gasteiger partial charge in [-0.05, 0) is 36.6 Å². The van der Waals surface area contributed by atoms with Gasteiger partial charge in [0.25, 0.3) is 5.91 Å². The van der Waals surface area contributed by atoms with Gasteiger partial charge < -0.3 is 21.3 Å². The molecule has 1 fully saturated rings. The molecule has 0 radical (unpaired) electrons. The van der Waals surface area contributed by atoms with Crippen molar-refractivity contribution >= 4 is 29.0 Å². The molecule has 0 saturated carbocycles. The van der Waals surface area contributed by atoms with Crippen molar-refractivity contribution in [2.45, 2.75) is 38.5 Å². The van der Waals surface area contributed by atoms with Crippen LogP contribution in [-0.2, 0) is 23.9 Å². The zero-order valence-electron chi connectivity index (χ0n) is 22.5. The number of alkyl halides is 3. The number of hydrogen-bond acceptors (Lipinski definition) is 8. The lowest BCUT2D eigenvalue weighted by molar-refractivity contribution is -0.141. The first-order chi connectivity index (χ1) is 20.1. The van der Waals surface area contributed by atoms with Crippen LogP contribution in [0.15, 0.2) is 43.0 Å². The number of carbonyl (C=O) groups is 2. The van der Waals surface area contributed by atoms with Crippen LogP contribution < -0.4 is 16.4 Å². The first-order valence-electron chi connectivity index (χ1n) is 13.1. The van der Waals surface area contributed by atoms with Crippen LogP contribution in [0.4, 0.5) is 24.7 Å². The van der Waals surface area contributed by atoms with Crippen molar-refractivity contribution in [3.05, 3.63) is 59.8 Å². The molecule has 12 nitrogen and oxygen atoms in total. The summed E-state index contributed by atoms with van der Waals surface area (Å²) in [5.41, 5.74) is 6.59. The molecular formula is C27H27F3N10O2. The summed E-state index contributed by atoms with van der Waals surface area (Å²) in [6, 6.07) is 6.79. The molecule has 1 aliphatic rings. The van der Waals surface area contributed by atoms with Crippen molar-refractivity contribution in [3.63, 3.8) is 0 Å². The fourth-order valence-corrected chi connectivity index (χ4v) is 4.88. The Morgan fingerprint density at radius 1 is 1.26 bits per heavy atom. The Balaban J connectivity index is 1.37. The summed E-state index contributed by atoms with van der Waals surface area (Å²) >= 11 is 0. The van der Waals surface area contributed by atoms with Gasteiger partial charge in [0.15, 0.2) is 17.2 Å². The second-order valence-electron chi connectivity index (χ2n) is 9.78. The van der Waals surface area contributed by atoms with Gasteiger partial charge in [0.05, 0.1) is 30.1 Å². The number of amides is 2. The van der Waals surface area contributed by atoms with E-state index in [4.69, 9.17) is 11.0 Å². The topological polar surface area (TPSA) is 159 Å². The summed E-state index contributed by atoms with van der Waals surface area (Å²) in [6.45, 7) is 2.46. The van der Waals surface area contributed by atoms with Crippen molar-refractivity contribution in [2.24, 2.45) is 5.73 Å². The maximum atomic E-state index is 13.7.